The Bertz CT molecular complexity index is 2150. The zero-order valence-electron chi connectivity index (χ0n) is 27.5. The fraction of sp³-hybridized carbons (Fsp3) is 0.300. The fourth-order valence-electron chi connectivity index (χ4n) is 10.4. The number of nitrogens with one attached hydrogen (secondary N) is 4. The minimum Gasteiger partial charge on any atom is -0.364 e. The quantitative estimate of drug-likeness (QED) is 0.247. The molecule has 4 aromatic rings. The highest BCUT2D eigenvalue weighted by Gasteiger charge is 2.78. The summed E-state index contributed by atoms with van der Waals surface area (Å²) in [6, 6.07) is 30.7. The van der Waals surface area contributed by atoms with Crippen molar-refractivity contribution in [3.05, 3.63) is 130 Å². The van der Waals surface area contributed by atoms with E-state index >= 15 is 0 Å². The normalized spacial score (nSPS) is 32.5. The maximum Gasteiger partial charge on any atom is 0.247 e. The number of nitrogens with zero attached hydrogens (tertiary/aromatic N) is 2. The van der Waals surface area contributed by atoms with Crippen LogP contribution in [-0.2, 0) is 42.8 Å². The molecule has 0 radical (unpaired) electrons. The van der Waals surface area contributed by atoms with E-state index in [1.807, 2.05) is 91.0 Å². The van der Waals surface area contributed by atoms with Crippen LogP contribution in [0.25, 0.3) is 0 Å². The minimum absolute atomic E-state index is 0.142. The number of anilines is 2. The molecule has 256 valence electrons. The van der Waals surface area contributed by atoms with E-state index in [4.69, 9.17) is 0 Å². The summed E-state index contributed by atoms with van der Waals surface area (Å²) in [5, 5.41) is 13.6. The van der Waals surface area contributed by atoms with Crippen molar-refractivity contribution in [3.8, 4) is 0 Å². The summed E-state index contributed by atoms with van der Waals surface area (Å²) in [5.74, 6) is -0.669. The predicted molar refractivity (Wildman–Crippen MR) is 193 cm³/mol. The average molecular weight is 744 g/mol. The third-order valence-corrected chi connectivity index (χ3v) is 12.8. The van der Waals surface area contributed by atoms with Gasteiger partial charge in [-0.05, 0) is 59.4 Å². The van der Waals surface area contributed by atoms with Crippen LogP contribution in [0.2, 0.25) is 0 Å². The van der Waals surface area contributed by atoms with E-state index in [1.54, 1.807) is 9.80 Å². The first-order valence-electron chi connectivity index (χ1n) is 17.6. The molecular weight excluding hydrogens is 708 g/mol. The highest BCUT2D eigenvalue weighted by molar-refractivity contribution is 9.10. The molecule has 11 heteroatoms. The lowest BCUT2D eigenvalue weighted by Gasteiger charge is -2.48. The van der Waals surface area contributed by atoms with Crippen LogP contribution in [-0.4, -0.2) is 69.9 Å². The van der Waals surface area contributed by atoms with Crippen molar-refractivity contribution in [2.45, 2.75) is 73.0 Å². The second-order valence-corrected chi connectivity index (χ2v) is 15.6. The Hall–Kier alpha value is -5.16. The molecule has 51 heavy (non-hydrogen) atoms. The minimum atomic E-state index is -0.900. The van der Waals surface area contributed by atoms with Crippen LogP contribution in [0.1, 0.15) is 35.1 Å². The van der Waals surface area contributed by atoms with Gasteiger partial charge in [-0.25, -0.2) is 0 Å². The molecule has 10 rings (SSSR count). The van der Waals surface area contributed by atoms with Crippen molar-refractivity contribution < 1.29 is 19.2 Å². The topological polar surface area (TPSA) is 123 Å². The van der Waals surface area contributed by atoms with Crippen LogP contribution in [0, 0.1) is 0 Å². The summed E-state index contributed by atoms with van der Waals surface area (Å²) in [4.78, 5) is 61.4. The summed E-state index contributed by atoms with van der Waals surface area (Å²) in [5.41, 5.74) is 3.84. The monoisotopic (exact) mass is 742 g/mol. The number of piperazine rings is 2. The van der Waals surface area contributed by atoms with Crippen molar-refractivity contribution in [1.29, 1.82) is 0 Å². The van der Waals surface area contributed by atoms with E-state index in [2.05, 4.69) is 49.3 Å². The Morgan fingerprint density at radius 3 is 1.59 bits per heavy atom. The Morgan fingerprint density at radius 2 is 1.04 bits per heavy atom. The van der Waals surface area contributed by atoms with Crippen molar-refractivity contribution >= 4 is 50.9 Å². The summed E-state index contributed by atoms with van der Waals surface area (Å²) >= 11 is 3.73. The molecule has 0 aromatic heterocycles. The largest absolute Gasteiger partial charge is 0.364 e. The van der Waals surface area contributed by atoms with Gasteiger partial charge in [0.2, 0.25) is 23.6 Å². The Balaban J connectivity index is 1.14. The molecule has 4 saturated heterocycles. The molecule has 10 nitrogen and oxygen atoms in total. The summed E-state index contributed by atoms with van der Waals surface area (Å²) in [6.07, 6.45) is 0.174. The second kappa shape index (κ2) is 10.9. The molecule has 4 fully saturated rings. The number of hydrogen-bond donors (Lipinski definition) is 4. The molecular formula is C40H35BrN6O4. The van der Waals surface area contributed by atoms with Crippen LogP contribution in [0.15, 0.2) is 108 Å². The zero-order valence-corrected chi connectivity index (χ0v) is 29.1. The molecule has 4 aromatic carbocycles. The molecule has 0 aliphatic carbocycles. The van der Waals surface area contributed by atoms with Gasteiger partial charge in [0.1, 0.15) is 36.5 Å². The number of carbonyl (C=O) groups excluding carboxylic acids is 4. The van der Waals surface area contributed by atoms with Crippen LogP contribution in [0.4, 0.5) is 11.4 Å². The van der Waals surface area contributed by atoms with Crippen LogP contribution >= 0.6 is 15.9 Å². The van der Waals surface area contributed by atoms with Gasteiger partial charge in [0, 0.05) is 28.7 Å². The van der Waals surface area contributed by atoms with E-state index in [0.717, 1.165) is 38.1 Å². The molecule has 0 saturated carbocycles. The smallest absolute Gasteiger partial charge is 0.247 e. The molecule has 4 N–H and O–H groups in total. The van der Waals surface area contributed by atoms with Gasteiger partial charge in [0.25, 0.3) is 0 Å². The van der Waals surface area contributed by atoms with E-state index in [0.29, 0.717) is 25.7 Å². The van der Waals surface area contributed by atoms with E-state index in [1.165, 1.54) is 0 Å². The third kappa shape index (κ3) is 4.09. The lowest BCUT2D eigenvalue weighted by Crippen LogP contribution is -2.67. The predicted octanol–water partition coefficient (Wildman–Crippen LogP) is 3.81. The number of hydrogen-bond acceptors (Lipinski definition) is 6. The maximum absolute atomic E-state index is 14.7. The van der Waals surface area contributed by atoms with E-state index in [9.17, 15) is 19.2 Å². The molecule has 0 bridgehead atoms. The molecule has 0 spiro atoms. The maximum atomic E-state index is 14.7. The highest BCUT2D eigenvalue weighted by atomic mass is 79.9. The number of rotatable bonds is 5. The molecule has 6 heterocycles. The first-order valence-corrected chi connectivity index (χ1v) is 18.3. The van der Waals surface area contributed by atoms with Crippen molar-refractivity contribution in [1.82, 2.24) is 20.4 Å². The van der Waals surface area contributed by atoms with E-state index in [-0.39, 0.29) is 23.6 Å². The third-order valence-electron chi connectivity index (χ3n) is 12.4. The van der Waals surface area contributed by atoms with Gasteiger partial charge in [0.05, 0.1) is 10.8 Å². The van der Waals surface area contributed by atoms with Crippen LogP contribution < -0.4 is 21.3 Å². The highest BCUT2D eigenvalue weighted by Crippen LogP contribution is 2.69. The number of para-hydroxylation sites is 1. The van der Waals surface area contributed by atoms with Crippen molar-refractivity contribution in [3.63, 3.8) is 0 Å². The number of carbonyl (C=O) groups is 4. The second-order valence-electron chi connectivity index (χ2n) is 14.7. The summed E-state index contributed by atoms with van der Waals surface area (Å²) in [7, 11) is 0. The SMILES string of the molecule is O=C1N[C@@H](Cc2ccccc2)C(=O)N2[C@H]3Nc4ccccc4[C@@]3([C@]34C[C@H]5C(=O)N[C@@H](Cc6ccccc6)C(=O)N5[C@H]3Nc3ccc(Br)cc34)C[C@@H]12. The number of amides is 4. The number of benzene rings is 4. The van der Waals surface area contributed by atoms with Gasteiger partial charge in [0.15, 0.2) is 0 Å². The first-order chi connectivity index (χ1) is 24.8. The average Bonchev–Trinajstić information content (AvgIpc) is 3.85. The summed E-state index contributed by atoms with van der Waals surface area (Å²) < 4.78 is 0.866. The molecule has 6 aliphatic rings. The van der Waals surface area contributed by atoms with Gasteiger partial charge in [-0.2, -0.15) is 0 Å². The Kier molecular flexibility index (Phi) is 6.56. The van der Waals surface area contributed by atoms with Crippen LogP contribution in [0.5, 0.6) is 0 Å². The molecule has 8 atom stereocenters. The zero-order chi connectivity index (χ0) is 34.6. The molecule has 6 aliphatic heterocycles. The van der Waals surface area contributed by atoms with E-state index < -0.39 is 47.3 Å². The lowest BCUT2D eigenvalue weighted by molar-refractivity contribution is -0.149. The van der Waals surface area contributed by atoms with Crippen molar-refractivity contribution in [2.75, 3.05) is 10.6 Å². The molecule has 0 unspecified atom stereocenters. The first kappa shape index (κ1) is 30.6. The van der Waals surface area contributed by atoms with Crippen LogP contribution in [0.3, 0.4) is 0 Å². The van der Waals surface area contributed by atoms with Crippen molar-refractivity contribution in [2.24, 2.45) is 0 Å². The Labute approximate surface area is 303 Å². The van der Waals surface area contributed by atoms with Gasteiger partial charge in [-0.1, -0.05) is 94.8 Å². The van der Waals surface area contributed by atoms with Gasteiger partial charge >= 0.3 is 0 Å². The van der Waals surface area contributed by atoms with Gasteiger partial charge in [-0.15, -0.1) is 0 Å². The lowest BCUT2D eigenvalue weighted by atomic mass is 9.54. The number of fused-ring (bicyclic) bond motifs is 11. The van der Waals surface area contributed by atoms with Gasteiger partial charge < -0.3 is 31.1 Å². The molecule has 4 amide bonds. The summed E-state index contributed by atoms with van der Waals surface area (Å²) in [6.45, 7) is 0. The standard InChI is InChI=1S/C40H35BrN6O4/c41-24-15-16-28-26(19-24)40(21-32-34(49)43-30(18-23-11-5-2-6-12-23)36(51)47(32)38(40)45-28)39-20-31-33(48)42-29(17-22-9-3-1-4-10-22)35(50)46(31)37(39)44-27-14-8-7-13-25(27)39/h1-16,19,29-32,37-38,44-45H,17-18,20-21H2,(H,42,48)(H,43,49)/t29-,30-,31-,32-,37+,38+,39-,40-/m0/s1. The Morgan fingerprint density at radius 1 is 0.569 bits per heavy atom. The number of halogens is 1. The van der Waals surface area contributed by atoms with Gasteiger partial charge in [-0.3, -0.25) is 19.2 Å². The fourth-order valence-corrected chi connectivity index (χ4v) is 10.8.